The molecule has 0 spiro atoms. The minimum Gasteiger partial charge on any atom is -0.317 e. The van der Waals surface area contributed by atoms with E-state index in [0.717, 1.165) is 13.1 Å². The predicted molar refractivity (Wildman–Crippen MR) is 53.3 cm³/mol. The van der Waals surface area contributed by atoms with E-state index in [1.54, 1.807) is 0 Å². The fourth-order valence-electron chi connectivity index (χ4n) is 0.635. The third-order valence-electron chi connectivity index (χ3n) is 1.17. The maximum absolute atomic E-state index is 6.25. The summed E-state index contributed by atoms with van der Waals surface area (Å²) in [6.45, 7) is 6.39. The van der Waals surface area contributed by atoms with E-state index in [-0.39, 0.29) is 0 Å². The minimum atomic E-state index is 1.09. The highest BCUT2D eigenvalue weighted by atomic mass is 14.8. The van der Waals surface area contributed by atoms with Gasteiger partial charge < -0.3 is 5.32 Å². The van der Waals surface area contributed by atoms with Gasteiger partial charge >= 0.3 is 0 Å². The summed E-state index contributed by atoms with van der Waals surface area (Å²) in [6, 6.07) is 12.0. The van der Waals surface area contributed by atoms with Crippen LogP contribution in [0.2, 0.25) is 0 Å². The van der Waals surface area contributed by atoms with Crippen molar-refractivity contribution in [3.05, 3.63) is 36.4 Å². The minimum absolute atomic E-state index is 1.09. The van der Waals surface area contributed by atoms with Gasteiger partial charge in [-0.3, -0.25) is 0 Å². The van der Waals surface area contributed by atoms with Gasteiger partial charge in [-0.2, -0.15) is 0 Å². The largest absolute Gasteiger partial charge is 0.317 e. The summed E-state index contributed by atoms with van der Waals surface area (Å²) >= 11 is 0. The summed E-state index contributed by atoms with van der Waals surface area (Å²) in [7, 11) is 0. The van der Waals surface area contributed by atoms with Gasteiger partial charge in [-0.1, -0.05) is 50.2 Å². The van der Waals surface area contributed by atoms with Gasteiger partial charge in [0.25, 0.3) is 0 Å². The van der Waals surface area contributed by atoms with E-state index in [2.05, 4.69) is 19.2 Å². The first-order valence-corrected chi connectivity index (χ1v) is 4.34. The molecular formula is C10H18N3+. The summed E-state index contributed by atoms with van der Waals surface area (Å²) in [5.41, 5.74) is 0. The van der Waals surface area contributed by atoms with Crippen molar-refractivity contribution in [3.8, 4) is 0 Å². The smallest absolute Gasteiger partial charge is 0.212 e. The molecule has 3 nitrogen and oxygen atoms in total. The second-order valence-corrected chi connectivity index (χ2v) is 2.11. The molecule has 1 rings (SSSR count). The molecule has 1 aromatic rings. The van der Waals surface area contributed by atoms with E-state index in [0.29, 0.717) is 0 Å². The summed E-state index contributed by atoms with van der Waals surface area (Å²) < 4.78 is 0. The van der Waals surface area contributed by atoms with Crippen molar-refractivity contribution in [2.45, 2.75) is 13.8 Å². The average molecular weight is 180 g/mol. The number of nitrogens with one attached hydrogen (secondary N) is 2. The number of hydrogen-bond donors (Lipinski definition) is 2. The Kier molecular flexibility index (Phi) is 18.4. The van der Waals surface area contributed by atoms with Crippen molar-refractivity contribution >= 4 is 0 Å². The highest BCUT2D eigenvalue weighted by molar-refractivity contribution is 4.99. The van der Waals surface area contributed by atoms with Crippen molar-refractivity contribution in [1.29, 1.82) is 5.39 Å². The van der Waals surface area contributed by atoms with Crippen molar-refractivity contribution in [2.24, 2.45) is 0 Å². The SMILES string of the molecule is CCNCC.N#[NH+].c1ccccc1. The topological polar surface area (TPSA) is 59.6 Å². The number of rotatable bonds is 2. The Morgan fingerprint density at radius 3 is 1.15 bits per heavy atom. The van der Waals surface area contributed by atoms with E-state index in [1.165, 1.54) is 0 Å². The molecule has 0 bridgehead atoms. The Morgan fingerprint density at radius 1 is 0.846 bits per heavy atom. The van der Waals surface area contributed by atoms with E-state index in [9.17, 15) is 0 Å². The lowest BCUT2D eigenvalue weighted by molar-refractivity contribution is -0.175. The monoisotopic (exact) mass is 180 g/mol. The molecule has 0 atom stereocenters. The average Bonchev–Trinajstić information content (AvgIpc) is 2.25. The van der Waals surface area contributed by atoms with Gasteiger partial charge in [-0.25, -0.2) is 0 Å². The fraction of sp³-hybridized carbons (Fsp3) is 0.400. The van der Waals surface area contributed by atoms with E-state index >= 15 is 0 Å². The zero-order valence-corrected chi connectivity index (χ0v) is 8.33. The zero-order valence-electron chi connectivity index (χ0n) is 8.33. The molecule has 0 fully saturated rings. The molecule has 0 heterocycles. The second kappa shape index (κ2) is 16.9. The molecular weight excluding hydrogens is 162 g/mol. The van der Waals surface area contributed by atoms with Crippen LogP contribution in [0.1, 0.15) is 13.8 Å². The van der Waals surface area contributed by atoms with Crippen LogP contribution < -0.4 is 10.7 Å². The number of nitrogens with zero attached hydrogens (tertiary/aromatic N) is 1. The highest BCUT2D eigenvalue weighted by Crippen LogP contribution is 1.79. The van der Waals surface area contributed by atoms with Gasteiger partial charge in [0.15, 0.2) is 0 Å². The van der Waals surface area contributed by atoms with Crippen LogP contribution in [0.25, 0.3) is 0 Å². The van der Waals surface area contributed by atoms with Crippen LogP contribution in [0.5, 0.6) is 0 Å². The van der Waals surface area contributed by atoms with Gasteiger partial charge in [-0.15, -0.1) is 0 Å². The van der Waals surface area contributed by atoms with Gasteiger partial charge in [0, 0.05) is 0 Å². The standard InChI is InChI=1S/C6H6.C4H11N.N2/c1-2-4-6-5-3-1;1-3-5-4-2;1-2/h1-6H;5H,3-4H2,1-2H3;/p+1. The molecule has 3 heteroatoms. The molecule has 0 aliphatic heterocycles. The van der Waals surface area contributed by atoms with Crippen LogP contribution in [0, 0.1) is 5.39 Å². The van der Waals surface area contributed by atoms with E-state index < -0.39 is 0 Å². The molecule has 2 N–H and O–H groups in total. The van der Waals surface area contributed by atoms with Gasteiger partial charge in [-0.05, 0) is 13.1 Å². The highest BCUT2D eigenvalue weighted by Gasteiger charge is 1.62. The Balaban J connectivity index is 0. The molecule has 0 saturated heterocycles. The maximum atomic E-state index is 6.25. The molecule has 0 amide bonds. The van der Waals surface area contributed by atoms with Crippen LogP contribution in [-0.4, -0.2) is 13.1 Å². The molecule has 0 saturated carbocycles. The second-order valence-electron chi connectivity index (χ2n) is 2.11. The number of hydrogen-bond acceptors (Lipinski definition) is 2. The first kappa shape index (κ1) is 14.1. The van der Waals surface area contributed by atoms with Crippen LogP contribution in [0.3, 0.4) is 0 Å². The van der Waals surface area contributed by atoms with Crippen LogP contribution in [0.15, 0.2) is 36.4 Å². The van der Waals surface area contributed by atoms with Crippen LogP contribution >= 0.6 is 0 Å². The molecule has 1 aromatic carbocycles. The van der Waals surface area contributed by atoms with Crippen LogP contribution in [0.4, 0.5) is 0 Å². The van der Waals surface area contributed by atoms with E-state index in [1.807, 2.05) is 36.4 Å². The molecule has 0 aliphatic carbocycles. The normalized spacial score (nSPS) is 7.08. The first-order chi connectivity index (χ1) is 6.41. The first-order valence-electron chi connectivity index (χ1n) is 4.34. The van der Waals surface area contributed by atoms with Crippen molar-refractivity contribution < 1.29 is 5.39 Å². The van der Waals surface area contributed by atoms with Crippen molar-refractivity contribution in [2.75, 3.05) is 13.1 Å². The Labute approximate surface area is 80.2 Å². The number of benzene rings is 1. The van der Waals surface area contributed by atoms with E-state index in [4.69, 9.17) is 10.8 Å². The molecule has 13 heavy (non-hydrogen) atoms. The Bertz CT molecular complexity index is 143. The summed E-state index contributed by atoms with van der Waals surface area (Å²) in [5, 5.41) is 14.1. The lowest BCUT2D eigenvalue weighted by Crippen LogP contribution is -2.11. The molecule has 0 aliphatic rings. The molecule has 0 radical (unpaired) electrons. The fourth-order valence-corrected chi connectivity index (χ4v) is 0.635. The molecule has 72 valence electrons. The third kappa shape index (κ3) is 18.0. The lowest BCUT2D eigenvalue weighted by Gasteiger charge is -1.86. The summed E-state index contributed by atoms with van der Waals surface area (Å²) in [4.78, 5) is 0. The lowest BCUT2D eigenvalue weighted by atomic mass is 10.4. The predicted octanol–water partition coefficient (Wildman–Crippen LogP) is 0.582. The summed E-state index contributed by atoms with van der Waals surface area (Å²) in [6.07, 6.45) is 0. The maximum Gasteiger partial charge on any atom is 0.212 e. The molecule has 0 aromatic heterocycles. The molecule has 0 unspecified atom stereocenters. The Hall–Kier alpha value is -1.40. The number of diazo groups is 1. The van der Waals surface area contributed by atoms with Crippen LogP contribution in [-0.2, 0) is 0 Å². The third-order valence-corrected chi connectivity index (χ3v) is 1.17. The Morgan fingerprint density at radius 2 is 1.08 bits per heavy atom. The van der Waals surface area contributed by atoms with Gasteiger partial charge in [0.05, 0.1) is 5.39 Å². The van der Waals surface area contributed by atoms with Gasteiger partial charge in [0.2, 0.25) is 5.39 Å². The quantitative estimate of drug-likeness (QED) is 0.654. The zero-order chi connectivity index (χ0) is 10.4. The van der Waals surface area contributed by atoms with Crippen molar-refractivity contribution in [3.63, 3.8) is 0 Å². The summed E-state index contributed by atoms with van der Waals surface area (Å²) in [5.74, 6) is 0. The van der Waals surface area contributed by atoms with Crippen molar-refractivity contribution in [1.82, 2.24) is 5.32 Å². The van der Waals surface area contributed by atoms with Gasteiger partial charge in [0.1, 0.15) is 0 Å².